The monoisotopic (exact) mass is 484 g/mol. The van der Waals surface area contributed by atoms with Crippen molar-refractivity contribution >= 4 is 21.7 Å². The molecule has 1 aromatic heterocycles. The Bertz CT molecular complexity index is 1120. The van der Waals surface area contributed by atoms with Gasteiger partial charge < -0.3 is 15.0 Å². The number of nitrogens with zero attached hydrogens (tertiary/aromatic N) is 3. The van der Waals surface area contributed by atoms with E-state index in [1.165, 1.54) is 13.1 Å². The van der Waals surface area contributed by atoms with Gasteiger partial charge in [0.25, 0.3) is 5.91 Å². The molecule has 1 N–H and O–H groups in total. The Morgan fingerprint density at radius 3 is 2.55 bits per heavy atom. The van der Waals surface area contributed by atoms with E-state index in [-0.39, 0.29) is 23.3 Å². The number of rotatable bonds is 9. The third kappa shape index (κ3) is 7.74. The molecule has 1 unspecified atom stereocenters. The fourth-order valence-corrected chi connectivity index (χ4v) is 3.40. The first-order chi connectivity index (χ1) is 15.4. The zero-order valence-electron chi connectivity index (χ0n) is 17.9. The number of aromatic nitrogens is 2. The number of alkyl halides is 3. The van der Waals surface area contributed by atoms with Crippen molar-refractivity contribution in [3.8, 4) is 11.6 Å². The van der Waals surface area contributed by atoms with E-state index in [9.17, 15) is 26.4 Å². The van der Waals surface area contributed by atoms with Crippen molar-refractivity contribution in [1.29, 1.82) is 0 Å². The van der Waals surface area contributed by atoms with Crippen LogP contribution in [0.15, 0.2) is 48.0 Å². The number of halogens is 3. The van der Waals surface area contributed by atoms with Gasteiger partial charge in [-0.25, -0.2) is 13.4 Å². The first-order valence-corrected chi connectivity index (χ1v) is 11.9. The molecule has 1 saturated carbocycles. The lowest BCUT2D eigenvalue weighted by atomic mass is 10.1. The fourth-order valence-electron chi connectivity index (χ4n) is 2.95. The number of ether oxygens (including phenoxy) is 1. The van der Waals surface area contributed by atoms with E-state index in [0.29, 0.717) is 5.75 Å². The van der Waals surface area contributed by atoms with Crippen LogP contribution in [0.2, 0.25) is 0 Å². The average Bonchev–Trinajstić information content (AvgIpc) is 3.55. The van der Waals surface area contributed by atoms with Gasteiger partial charge in [-0.05, 0) is 30.9 Å². The third-order valence-corrected chi connectivity index (χ3v) is 5.31. The van der Waals surface area contributed by atoms with E-state index in [1.807, 2.05) is 0 Å². The summed E-state index contributed by atoms with van der Waals surface area (Å²) in [5.41, 5.74) is -0.0959. The molecule has 12 heteroatoms. The standard InChI is InChI=1S/C21H23F3N4O4S/c1-28(13-21(22,23)24)20-25-12-16(19(27-20)32-15-6-4-3-5-7-15)18(29)26-17(14-8-9-14)10-11-33(2,30)31/h3-7,10-12,14,17H,8-9,13H2,1-2H3,(H,26,29). The second-order valence-electron chi connectivity index (χ2n) is 7.77. The normalized spacial score (nSPS) is 15.3. The number of para-hydroxylation sites is 1. The predicted octanol–water partition coefficient (Wildman–Crippen LogP) is 3.33. The minimum Gasteiger partial charge on any atom is -0.438 e. The lowest BCUT2D eigenvalue weighted by Gasteiger charge is -2.20. The molecule has 1 heterocycles. The third-order valence-electron chi connectivity index (χ3n) is 4.66. The molecule has 0 aliphatic heterocycles. The van der Waals surface area contributed by atoms with Crippen LogP contribution in [0.25, 0.3) is 0 Å². The molecule has 8 nitrogen and oxygen atoms in total. The summed E-state index contributed by atoms with van der Waals surface area (Å²) in [5.74, 6) is -0.722. The molecule has 0 spiro atoms. The van der Waals surface area contributed by atoms with Crippen LogP contribution in [0.4, 0.5) is 19.1 Å². The molecule has 1 aliphatic carbocycles. The van der Waals surface area contributed by atoms with Crippen LogP contribution < -0.4 is 15.0 Å². The van der Waals surface area contributed by atoms with Crippen LogP contribution in [0.1, 0.15) is 23.2 Å². The van der Waals surface area contributed by atoms with Gasteiger partial charge in [-0.3, -0.25) is 4.79 Å². The van der Waals surface area contributed by atoms with E-state index in [4.69, 9.17) is 4.74 Å². The van der Waals surface area contributed by atoms with Crippen molar-refractivity contribution in [2.24, 2.45) is 5.92 Å². The molecule has 1 aliphatic rings. The first kappa shape index (κ1) is 24.5. The number of amides is 1. The van der Waals surface area contributed by atoms with Crippen LogP contribution in [-0.4, -0.2) is 56.4 Å². The van der Waals surface area contributed by atoms with Gasteiger partial charge in [0.1, 0.15) is 17.9 Å². The topological polar surface area (TPSA) is 101 Å². The second-order valence-corrected chi connectivity index (χ2v) is 9.70. The lowest BCUT2D eigenvalue weighted by Crippen LogP contribution is -2.36. The number of hydrogen-bond donors (Lipinski definition) is 1. The van der Waals surface area contributed by atoms with Crippen molar-refractivity contribution < 1.29 is 31.1 Å². The highest BCUT2D eigenvalue weighted by Gasteiger charge is 2.33. The van der Waals surface area contributed by atoms with Gasteiger partial charge in [0.15, 0.2) is 9.84 Å². The molecule has 3 rings (SSSR count). The van der Waals surface area contributed by atoms with E-state index in [0.717, 1.165) is 35.6 Å². The van der Waals surface area contributed by atoms with Gasteiger partial charge in [-0.15, -0.1) is 0 Å². The smallest absolute Gasteiger partial charge is 0.406 e. The van der Waals surface area contributed by atoms with Crippen molar-refractivity contribution in [1.82, 2.24) is 15.3 Å². The Kier molecular flexibility index (Phi) is 7.25. The largest absolute Gasteiger partial charge is 0.438 e. The van der Waals surface area contributed by atoms with Crippen molar-refractivity contribution in [3.63, 3.8) is 0 Å². The Labute approximate surface area is 189 Å². The first-order valence-electron chi connectivity index (χ1n) is 9.98. The summed E-state index contributed by atoms with van der Waals surface area (Å²) in [6.07, 6.45) is 0.722. The zero-order chi connectivity index (χ0) is 24.2. The maximum Gasteiger partial charge on any atom is 0.406 e. The number of benzene rings is 1. The molecule has 1 aromatic carbocycles. The molecule has 0 bridgehead atoms. The minimum absolute atomic E-state index is 0.0866. The SMILES string of the molecule is CN(CC(F)(F)F)c1ncc(C(=O)NC(C=CS(C)(=O)=O)C2CC2)c(Oc2ccccc2)n1. The summed E-state index contributed by atoms with van der Waals surface area (Å²) in [6, 6.07) is 7.79. The fraction of sp³-hybridized carbons (Fsp3) is 0.381. The molecule has 33 heavy (non-hydrogen) atoms. The Hall–Kier alpha value is -3.15. The van der Waals surface area contributed by atoms with Crippen LogP contribution >= 0.6 is 0 Å². The number of carbonyl (C=O) groups excluding carboxylic acids is 1. The van der Waals surface area contributed by atoms with Crippen molar-refractivity contribution in [2.75, 3.05) is 24.7 Å². The predicted molar refractivity (Wildman–Crippen MR) is 116 cm³/mol. The molecule has 0 saturated heterocycles. The molecule has 1 amide bonds. The molecule has 178 valence electrons. The highest BCUT2D eigenvalue weighted by atomic mass is 32.2. The Morgan fingerprint density at radius 2 is 1.97 bits per heavy atom. The zero-order valence-corrected chi connectivity index (χ0v) is 18.7. The maximum atomic E-state index is 13.0. The quantitative estimate of drug-likeness (QED) is 0.583. The van der Waals surface area contributed by atoms with E-state index in [2.05, 4.69) is 15.3 Å². The van der Waals surface area contributed by atoms with Gasteiger partial charge >= 0.3 is 6.18 Å². The summed E-state index contributed by atoms with van der Waals surface area (Å²) in [5, 5.41) is 3.77. The number of carbonyl (C=O) groups is 1. The average molecular weight is 485 g/mol. The number of hydrogen-bond acceptors (Lipinski definition) is 7. The number of anilines is 1. The minimum atomic E-state index is -4.47. The summed E-state index contributed by atoms with van der Waals surface area (Å²) >= 11 is 0. The molecular formula is C21H23F3N4O4S. The summed E-state index contributed by atoms with van der Waals surface area (Å²) < 4.78 is 67.0. The second kappa shape index (κ2) is 9.77. The van der Waals surface area contributed by atoms with Crippen LogP contribution in [0, 0.1) is 5.92 Å². The summed E-state index contributed by atoms with van der Waals surface area (Å²) in [6.45, 7) is -1.29. The highest BCUT2D eigenvalue weighted by molar-refractivity contribution is 7.93. The Morgan fingerprint density at radius 1 is 1.30 bits per heavy atom. The maximum absolute atomic E-state index is 13.0. The van der Waals surface area contributed by atoms with Gasteiger partial charge in [-0.1, -0.05) is 24.3 Å². The lowest BCUT2D eigenvalue weighted by molar-refractivity contribution is -0.119. The van der Waals surface area contributed by atoms with Crippen LogP contribution in [0.3, 0.4) is 0 Å². The van der Waals surface area contributed by atoms with Crippen molar-refractivity contribution in [2.45, 2.75) is 25.1 Å². The number of nitrogens with one attached hydrogen (secondary N) is 1. The van der Waals surface area contributed by atoms with Crippen molar-refractivity contribution in [3.05, 3.63) is 53.6 Å². The van der Waals surface area contributed by atoms with E-state index < -0.39 is 34.5 Å². The molecule has 0 radical (unpaired) electrons. The highest BCUT2D eigenvalue weighted by Crippen LogP contribution is 2.34. The van der Waals surface area contributed by atoms with Gasteiger partial charge in [0, 0.05) is 24.9 Å². The van der Waals surface area contributed by atoms with Gasteiger partial charge in [0.2, 0.25) is 11.8 Å². The van der Waals surface area contributed by atoms with E-state index in [1.54, 1.807) is 30.3 Å². The van der Waals surface area contributed by atoms with E-state index >= 15 is 0 Å². The Balaban J connectivity index is 1.90. The molecule has 2 aromatic rings. The van der Waals surface area contributed by atoms with Crippen LogP contribution in [-0.2, 0) is 9.84 Å². The number of sulfone groups is 1. The van der Waals surface area contributed by atoms with Gasteiger partial charge in [-0.2, -0.15) is 18.2 Å². The molecule has 1 fully saturated rings. The van der Waals surface area contributed by atoms with Gasteiger partial charge in [0.05, 0.1) is 6.04 Å². The summed E-state index contributed by atoms with van der Waals surface area (Å²) in [4.78, 5) is 21.7. The summed E-state index contributed by atoms with van der Waals surface area (Å²) in [7, 11) is -2.21. The molecular weight excluding hydrogens is 461 g/mol. The molecule has 1 atom stereocenters. The van der Waals surface area contributed by atoms with Crippen LogP contribution in [0.5, 0.6) is 11.6 Å².